The van der Waals surface area contributed by atoms with Gasteiger partial charge in [-0.25, -0.2) is 4.39 Å². The molecular weight excluding hydrogens is 507 g/mol. The number of rotatable bonds is 5. The third kappa shape index (κ3) is 3.74. The Bertz CT molecular complexity index is 1600. The van der Waals surface area contributed by atoms with Gasteiger partial charge >= 0.3 is 6.01 Å². The summed E-state index contributed by atoms with van der Waals surface area (Å²) < 4.78 is 23.0. The van der Waals surface area contributed by atoms with Gasteiger partial charge in [0.1, 0.15) is 29.4 Å². The summed E-state index contributed by atoms with van der Waals surface area (Å²) in [5, 5.41) is 16.2. The number of benzene rings is 2. The number of phenols is 1. The van der Waals surface area contributed by atoms with E-state index in [1.165, 1.54) is 12.8 Å². The fourth-order valence-electron chi connectivity index (χ4n) is 7.75. The molecule has 6 heterocycles. The number of anilines is 1. The molecular formula is C31H33FN6O2. The van der Waals surface area contributed by atoms with Gasteiger partial charge in [0, 0.05) is 36.9 Å². The van der Waals surface area contributed by atoms with Gasteiger partial charge in [-0.05, 0) is 74.5 Å². The molecule has 9 heteroatoms. The maximum Gasteiger partial charge on any atom is 0.319 e. The molecule has 0 aliphatic carbocycles. The van der Waals surface area contributed by atoms with Gasteiger partial charge < -0.3 is 20.1 Å². The van der Waals surface area contributed by atoms with Gasteiger partial charge in [-0.2, -0.15) is 9.97 Å². The maximum absolute atomic E-state index is 16.6. The molecule has 2 aromatic carbocycles. The lowest BCUT2D eigenvalue weighted by atomic mass is 9.95. The van der Waals surface area contributed by atoms with E-state index in [9.17, 15) is 5.11 Å². The molecule has 2 aromatic heterocycles. The van der Waals surface area contributed by atoms with E-state index in [0.717, 1.165) is 62.6 Å². The van der Waals surface area contributed by atoms with Crippen LogP contribution < -0.4 is 15.0 Å². The molecule has 40 heavy (non-hydrogen) atoms. The summed E-state index contributed by atoms with van der Waals surface area (Å²) in [5.41, 5.74) is 0.943. The van der Waals surface area contributed by atoms with Crippen molar-refractivity contribution in [2.24, 2.45) is 0 Å². The predicted molar refractivity (Wildman–Crippen MR) is 152 cm³/mol. The second-order valence-corrected chi connectivity index (χ2v) is 11.9. The first-order valence-electron chi connectivity index (χ1n) is 14.5. The number of hydrogen-bond donors (Lipinski definition) is 2. The van der Waals surface area contributed by atoms with Crippen LogP contribution in [0.3, 0.4) is 0 Å². The van der Waals surface area contributed by atoms with Crippen LogP contribution in [0.1, 0.15) is 38.5 Å². The number of nitrogens with one attached hydrogen (secondary N) is 1. The monoisotopic (exact) mass is 540 g/mol. The Hall–Kier alpha value is -3.56. The van der Waals surface area contributed by atoms with Gasteiger partial charge in [0.2, 0.25) is 0 Å². The van der Waals surface area contributed by atoms with Crippen molar-refractivity contribution in [1.29, 1.82) is 0 Å². The molecule has 8 rings (SSSR count). The van der Waals surface area contributed by atoms with Gasteiger partial charge in [-0.3, -0.25) is 9.88 Å². The second kappa shape index (κ2) is 9.24. The standard InChI is InChI=1S/C31H33FN6O2/c32-26-27(24-14-22(39)13-19-5-1-2-6-23(19)24)34-17-25-28(26)35-30(40-18-31-9-3-11-37(31)12-4-10-31)36-29(25)38-20-7-8-21(38)16-33-15-20/h1-2,5-6,13-14,17,20-21,33,39H,3-4,7-12,15-16,18H2. The lowest BCUT2D eigenvalue weighted by Crippen LogP contribution is -2.52. The van der Waals surface area contributed by atoms with E-state index < -0.39 is 5.82 Å². The largest absolute Gasteiger partial charge is 0.508 e. The van der Waals surface area contributed by atoms with E-state index in [0.29, 0.717) is 35.5 Å². The summed E-state index contributed by atoms with van der Waals surface area (Å²) in [4.78, 5) is 19.1. The zero-order valence-corrected chi connectivity index (χ0v) is 22.4. The highest BCUT2D eigenvalue weighted by Gasteiger charge is 2.45. The zero-order chi connectivity index (χ0) is 26.8. The number of halogens is 1. The minimum absolute atomic E-state index is 0.0367. The Balaban J connectivity index is 1.27. The molecule has 0 saturated carbocycles. The first-order valence-corrected chi connectivity index (χ1v) is 14.5. The van der Waals surface area contributed by atoms with E-state index in [1.807, 2.05) is 24.3 Å². The van der Waals surface area contributed by atoms with Crippen LogP contribution in [0.25, 0.3) is 32.9 Å². The van der Waals surface area contributed by atoms with Crippen molar-refractivity contribution in [3.63, 3.8) is 0 Å². The van der Waals surface area contributed by atoms with Crippen LogP contribution in [-0.2, 0) is 0 Å². The average molecular weight is 541 g/mol. The van der Waals surface area contributed by atoms with E-state index >= 15 is 4.39 Å². The van der Waals surface area contributed by atoms with Crippen molar-refractivity contribution in [2.45, 2.75) is 56.1 Å². The first-order chi connectivity index (χ1) is 19.6. The van der Waals surface area contributed by atoms with E-state index in [1.54, 1.807) is 18.3 Å². The van der Waals surface area contributed by atoms with Crippen molar-refractivity contribution in [3.05, 3.63) is 48.4 Å². The number of ether oxygens (including phenoxy) is 1. The summed E-state index contributed by atoms with van der Waals surface area (Å²) in [6.45, 7) is 4.49. The van der Waals surface area contributed by atoms with Crippen LogP contribution in [-0.4, -0.2) is 75.4 Å². The third-order valence-corrected chi connectivity index (χ3v) is 9.65. The molecule has 2 N–H and O–H groups in total. The average Bonchev–Trinajstić information content (AvgIpc) is 3.62. The highest BCUT2D eigenvalue weighted by molar-refractivity contribution is 6.00. The number of phenolic OH excluding ortho intramolecular Hbond substituents is 1. The number of fused-ring (bicyclic) bond motifs is 5. The van der Waals surface area contributed by atoms with Crippen molar-refractivity contribution < 1.29 is 14.2 Å². The predicted octanol–water partition coefficient (Wildman–Crippen LogP) is 4.64. The number of piperazine rings is 1. The molecule has 0 amide bonds. The van der Waals surface area contributed by atoms with Crippen molar-refractivity contribution in [3.8, 4) is 23.0 Å². The summed E-state index contributed by atoms with van der Waals surface area (Å²) in [6, 6.07) is 11.7. The SMILES string of the molecule is Oc1cc(-c2ncc3c(N4C5CCC4CNC5)nc(OCC45CCCN4CCC5)nc3c2F)c2ccccc2c1. The van der Waals surface area contributed by atoms with E-state index in [-0.39, 0.29) is 28.5 Å². The van der Waals surface area contributed by atoms with E-state index in [4.69, 9.17) is 9.72 Å². The van der Waals surface area contributed by atoms with Gasteiger partial charge in [0.15, 0.2) is 5.82 Å². The smallest absolute Gasteiger partial charge is 0.319 e. The van der Waals surface area contributed by atoms with Crippen LogP contribution >= 0.6 is 0 Å². The molecule has 0 spiro atoms. The molecule has 8 nitrogen and oxygen atoms in total. The molecule has 4 aliphatic heterocycles. The van der Waals surface area contributed by atoms with Crippen LogP contribution in [0.2, 0.25) is 0 Å². The zero-order valence-electron chi connectivity index (χ0n) is 22.4. The molecule has 0 radical (unpaired) electrons. The van der Waals surface area contributed by atoms with Crippen molar-refractivity contribution >= 4 is 27.5 Å². The van der Waals surface area contributed by atoms with Crippen molar-refractivity contribution in [2.75, 3.05) is 37.7 Å². The third-order valence-electron chi connectivity index (χ3n) is 9.65. The number of hydrogen-bond acceptors (Lipinski definition) is 8. The highest BCUT2D eigenvalue weighted by Crippen LogP contribution is 2.41. The minimum Gasteiger partial charge on any atom is -0.508 e. The maximum atomic E-state index is 16.6. The molecule has 4 saturated heterocycles. The topological polar surface area (TPSA) is 86.6 Å². The van der Waals surface area contributed by atoms with Gasteiger partial charge in [0.25, 0.3) is 0 Å². The minimum atomic E-state index is -0.522. The molecule has 4 aliphatic rings. The van der Waals surface area contributed by atoms with Crippen LogP contribution in [0.15, 0.2) is 42.6 Å². The fraction of sp³-hybridized carbons (Fsp3) is 0.452. The summed E-state index contributed by atoms with van der Waals surface area (Å²) in [6.07, 6.45) is 8.42. The molecule has 206 valence electrons. The highest BCUT2D eigenvalue weighted by atomic mass is 19.1. The van der Waals surface area contributed by atoms with Gasteiger partial charge in [-0.15, -0.1) is 0 Å². The van der Waals surface area contributed by atoms with Crippen molar-refractivity contribution in [1.82, 2.24) is 25.2 Å². The summed E-state index contributed by atoms with van der Waals surface area (Å²) in [5.74, 6) is 0.252. The Morgan fingerprint density at radius 3 is 2.60 bits per heavy atom. The Labute approximate surface area is 232 Å². The van der Waals surface area contributed by atoms with Crippen LogP contribution in [0, 0.1) is 5.82 Å². The lowest BCUT2D eigenvalue weighted by molar-refractivity contribution is 0.108. The molecule has 2 atom stereocenters. The Morgan fingerprint density at radius 2 is 1.80 bits per heavy atom. The number of pyridine rings is 1. The molecule has 2 unspecified atom stereocenters. The number of aromatic hydroxyl groups is 1. The first kappa shape index (κ1) is 24.3. The molecule has 4 aromatic rings. The van der Waals surface area contributed by atoms with Crippen LogP contribution in [0.4, 0.5) is 10.2 Å². The van der Waals surface area contributed by atoms with E-state index in [2.05, 4.69) is 25.1 Å². The Kier molecular flexibility index (Phi) is 5.60. The lowest BCUT2D eigenvalue weighted by Gasteiger charge is -2.37. The number of aromatic nitrogens is 3. The normalized spacial score (nSPS) is 23.8. The molecule has 2 bridgehead atoms. The molecule has 4 fully saturated rings. The quantitative estimate of drug-likeness (QED) is 0.379. The van der Waals surface area contributed by atoms with Gasteiger partial charge in [-0.1, -0.05) is 24.3 Å². The van der Waals surface area contributed by atoms with Gasteiger partial charge in [0.05, 0.1) is 10.9 Å². The summed E-state index contributed by atoms with van der Waals surface area (Å²) in [7, 11) is 0. The summed E-state index contributed by atoms with van der Waals surface area (Å²) >= 11 is 0. The Morgan fingerprint density at radius 1 is 1.02 bits per heavy atom. The van der Waals surface area contributed by atoms with Crippen LogP contribution in [0.5, 0.6) is 11.8 Å². The number of nitrogens with zero attached hydrogens (tertiary/aromatic N) is 5. The fourth-order valence-corrected chi connectivity index (χ4v) is 7.75. The second-order valence-electron chi connectivity index (χ2n) is 11.9.